The van der Waals surface area contributed by atoms with E-state index in [1.165, 1.54) is 44.2 Å². The largest absolute Gasteiger partial charge is 0.423 e. The molecule has 3 aliphatic rings. The molecule has 30 heavy (non-hydrogen) atoms. The Labute approximate surface area is 183 Å². The summed E-state index contributed by atoms with van der Waals surface area (Å²) in [6.45, 7) is 3.95. The zero-order valence-corrected chi connectivity index (χ0v) is 18.2. The SMILES string of the molecule is C=CC1CCC(C2CCC3C(CCCC3C(=O)Oc3ccc(Cl)c(F)c3F)C2)CC1. The van der Waals surface area contributed by atoms with Crippen LogP contribution in [0.3, 0.4) is 0 Å². The molecule has 0 heterocycles. The van der Waals surface area contributed by atoms with Crippen molar-refractivity contribution in [2.24, 2.45) is 35.5 Å². The lowest BCUT2D eigenvalue weighted by molar-refractivity contribution is -0.144. The Morgan fingerprint density at radius 3 is 2.43 bits per heavy atom. The van der Waals surface area contributed by atoms with Crippen molar-refractivity contribution in [1.82, 2.24) is 0 Å². The van der Waals surface area contributed by atoms with E-state index in [0.29, 0.717) is 17.8 Å². The van der Waals surface area contributed by atoms with Gasteiger partial charge in [0.2, 0.25) is 5.82 Å². The first-order chi connectivity index (χ1) is 14.5. The van der Waals surface area contributed by atoms with Crippen molar-refractivity contribution < 1.29 is 18.3 Å². The van der Waals surface area contributed by atoms with E-state index >= 15 is 0 Å². The number of esters is 1. The molecule has 0 aromatic heterocycles. The number of halogens is 3. The standard InChI is InChI=1S/C25H31ClF2O2/c1-2-15-6-8-16(9-7-15)17-10-11-19-18(14-17)4-3-5-20(19)25(29)30-22-13-12-21(26)23(27)24(22)28/h2,12-13,15-20H,1,3-11,14H2. The molecule has 5 heteroatoms. The van der Waals surface area contributed by atoms with Gasteiger partial charge in [0.15, 0.2) is 11.6 Å². The first-order valence-corrected chi connectivity index (χ1v) is 11.8. The van der Waals surface area contributed by atoms with E-state index in [0.717, 1.165) is 43.9 Å². The Hall–Kier alpha value is -1.42. The van der Waals surface area contributed by atoms with Crippen LogP contribution in [0.4, 0.5) is 8.78 Å². The van der Waals surface area contributed by atoms with Gasteiger partial charge in [-0.25, -0.2) is 4.39 Å². The number of benzene rings is 1. The summed E-state index contributed by atoms with van der Waals surface area (Å²) in [6.07, 6.45) is 13.6. The summed E-state index contributed by atoms with van der Waals surface area (Å²) < 4.78 is 33.1. The van der Waals surface area contributed by atoms with Crippen molar-refractivity contribution in [2.45, 2.75) is 64.2 Å². The van der Waals surface area contributed by atoms with E-state index in [1.54, 1.807) is 0 Å². The molecule has 1 aromatic rings. The van der Waals surface area contributed by atoms with Crippen LogP contribution in [0.5, 0.6) is 5.75 Å². The summed E-state index contributed by atoms with van der Waals surface area (Å²) >= 11 is 5.60. The van der Waals surface area contributed by atoms with E-state index in [1.807, 2.05) is 0 Å². The van der Waals surface area contributed by atoms with Crippen molar-refractivity contribution >= 4 is 17.6 Å². The molecule has 1 aromatic carbocycles. The molecule has 2 nitrogen and oxygen atoms in total. The lowest BCUT2D eigenvalue weighted by Gasteiger charge is -2.45. The number of hydrogen-bond donors (Lipinski definition) is 0. The molecule has 0 bridgehead atoms. The molecule has 3 fully saturated rings. The summed E-state index contributed by atoms with van der Waals surface area (Å²) in [7, 11) is 0. The van der Waals surface area contributed by atoms with Crippen LogP contribution in [0, 0.1) is 47.1 Å². The van der Waals surface area contributed by atoms with Crippen molar-refractivity contribution in [1.29, 1.82) is 0 Å². The molecule has 0 spiro atoms. The third-order valence-corrected chi connectivity index (χ3v) is 8.31. The Kier molecular flexibility index (Phi) is 6.81. The second kappa shape index (κ2) is 9.38. The monoisotopic (exact) mass is 436 g/mol. The number of hydrogen-bond acceptors (Lipinski definition) is 2. The van der Waals surface area contributed by atoms with Crippen LogP contribution >= 0.6 is 11.6 Å². The second-order valence-corrected chi connectivity index (χ2v) is 9.95. The average Bonchev–Trinajstić information content (AvgIpc) is 2.78. The van der Waals surface area contributed by atoms with Crippen molar-refractivity contribution in [3.8, 4) is 5.75 Å². The molecule has 3 saturated carbocycles. The normalized spacial score (nSPS) is 34.1. The van der Waals surface area contributed by atoms with Crippen LogP contribution in [0.15, 0.2) is 24.8 Å². The van der Waals surface area contributed by atoms with Crippen molar-refractivity contribution in [2.75, 3.05) is 0 Å². The van der Waals surface area contributed by atoms with Crippen LogP contribution in [-0.4, -0.2) is 5.97 Å². The smallest absolute Gasteiger partial charge is 0.314 e. The molecule has 0 aliphatic heterocycles. The molecule has 0 saturated heterocycles. The number of fused-ring (bicyclic) bond motifs is 1. The number of rotatable bonds is 4. The maximum Gasteiger partial charge on any atom is 0.314 e. The van der Waals surface area contributed by atoms with Gasteiger partial charge in [0.25, 0.3) is 0 Å². The Morgan fingerprint density at radius 1 is 0.967 bits per heavy atom. The van der Waals surface area contributed by atoms with E-state index in [2.05, 4.69) is 12.7 Å². The van der Waals surface area contributed by atoms with Gasteiger partial charge in [-0.2, -0.15) is 4.39 Å². The molecule has 0 amide bonds. The minimum Gasteiger partial charge on any atom is -0.423 e. The highest BCUT2D eigenvalue weighted by Gasteiger charge is 2.43. The van der Waals surface area contributed by atoms with Crippen LogP contribution in [-0.2, 0) is 4.79 Å². The van der Waals surface area contributed by atoms with Gasteiger partial charge in [-0.3, -0.25) is 4.79 Å². The highest BCUT2D eigenvalue weighted by Crippen LogP contribution is 2.50. The van der Waals surface area contributed by atoms with Gasteiger partial charge in [-0.05, 0) is 93.1 Å². The maximum atomic E-state index is 14.1. The Bertz CT molecular complexity index is 788. The van der Waals surface area contributed by atoms with Crippen molar-refractivity contribution in [3.63, 3.8) is 0 Å². The topological polar surface area (TPSA) is 26.3 Å². The molecule has 0 radical (unpaired) electrons. The third kappa shape index (κ3) is 4.44. The van der Waals surface area contributed by atoms with Crippen LogP contribution < -0.4 is 4.74 Å². The molecule has 4 unspecified atom stereocenters. The molecule has 164 valence electrons. The van der Waals surface area contributed by atoms with E-state index in [9.17, 15) is 13.6 Å². The van der Waals surface area contributed by atoms with E-state index in [-0.39, 0.29) is 16.7 Å². The maximum absolute atomic E-state index is 14.1. The van der Waals surface area contributed by atoms with Gasteiger partial charge >= 0.3 is 5.97 Å². The fraction of sp³-hybridized carbons (Fsp3) is 0.640. The molecule has 0 N–H and O–H groups in total. The summed E-state index contributed by atoms with van der Waals surface area (Å²) in [5.41, 5.74) is 0. The Morgan fingerprint density at radius 2 is 1.70 bits per heavy atom. The zero-order valence-electron chi connectivity index (χ0n) is 17.4. The highest BCUT2D eigenvalue weighted by molar-refractivity contribution is 6.30. The minimum absolute atomic E-state index is 0.223. The number of allylic oxidation sites excluding steroid dienone is 1. The highest BCUT2D eigenvalue weighted by atomic mass is 35.5. The van der Waals surface area contributed by atoms with E-state index < -0.39 is 17.6 Å². The second-order valence-electron chi connectivity index (χ2n) is 9.54. The van der Waals surface area contributed by atoms with Gasteiger partial charge in [0.1, 0.15) is 0 Å². The summed E-state index contributed by atoms with van der Waals surface area (Å²) in [5.74, 6) is -0.283. The van der Waals surface area contributed by atoms with Crippen LogP contribution in [0.1, 0.15) is 64.2 Å². The summed E-state index contributed by atoms with van der Waals surface area (Å²) in [4.78, 5) is 12.9. The first-order valence-electron chi connectivity index (χ1n) is 11.5. The molecular formula is C25H31ClF2O2. The van der Waals surface area contributed by atoms with Gasteiger partial charge < -0.3 is 4.74 Å². The van der Waals surface area contributed by atoms with E-state index in [4.69, 9.17) is 16.3 Å². The molecular weight excluding hydrogens is 406 g/mol. The first kappa shape index (κ1) is 21.8. The number of carbonyl (C=O) groups is 1. The predicted octanol–water partition coefficient (Wildman–Crippen LogP) is 7.35. The quantitative estimate of drug-likeness (QED) is 0.213. The molecule has 3 aliphatic carbocycles. The summed E-state index contributed by atoms with van der Waals surface area (Å²) in [6, 6.07) is 2.45. The van der Waals surface area contributed by atoms with Gasteiger partial charge in [-0.1, -0.05) is 30.5 Å². The van der Waals surface area contributed by atoms with Crippen LogP contribution in [0.2, 0.25) is 5.02 Å². The van der Waals surface area contributed by atoms with Gasteiger partial charge in [0, 0.05) is 0 Å². The third-order valence-electron chi connectivity index (χ3n) is 8.02. The Balaban J connectivity index is 1.38. The number of carbonyl (C=O) groups excluding carboxylic acids is 1. The predicted molar refractivity (Wildman–Crippen MR) is 114 cm³/mol. The summed E-state index contributed by atoms with van der Waals surface area (Å²) in [5, 5.41) is -0.314. The van der Waals surface area contributed by atoms with Gasteiger partial charge in [0.05, 0.1) is 10.9 Å². The number of ether oxygens (including phenoxy) is 1. The van der Waals surface area contributed by atoms with Gasteiger partial charge in [-0.15, -0.1) is 6.58 Å². The fourth-order valence-electron chi connectivity index (χ4n) is 6.34. The lowest BCUT2D eigenvalue weighted by Crippen LogP contribution is -2.40. The fourth-order valence-corrected chi connectivity index (χ4v) is 6.49. The lowest BCUT2D eigenvalue weighted by atomic mass is 9.59. The minimum atomic E-state index is -1.19. The average molecular weight is 437 g/mol. The molecule has 4 rings (SSSR count). The van der Waals surface area contributed by atoms with Crippen molar-refractivity contribution in [3.05, 3.63) is 41.4 Å². The molecule has 4 atom stereocenters. The van der Waals surface area contributed by atoms with Crippen LogP contribution in [0.25, 0.3) is 0 Å². The zero-order chi connectivity index (χ0) is 21.3.